The zero-order valence-corrected chi connectivity index (χ0v) is 23.5. The highest BCUT2D eigenvalue weighted by Gasteiger charge is 2.23. The SMILES string of the molecule is COc1ccc(-c2cnc3c(Nc4ccc(C(=O)NCCOCCNC(C)(C)C(N)=O)c(C)c4)nccn23)cc1F. The molecule has 41 heavy (non-hydrogen) atoms. The van der Waals surface area contributed by atoms with Gasteiger partial charge in [0.1, 0.15) is 0 Å². The first-order chi connectivity index (χ1) is 19.6. The van der Waals surface area contributed by atoms with Crippen LogP contribution >= 0.6 is 0 Å². The lowest BCUT2D eigenvalue weighted by Crippen LogP contribution is -2.51. The van der Waals surface area contributed by atoms with E-state index in [-0.39, 0.29) is 11.7 Å². The number of ether oxygens (including phenoxy) is 2. The molecular formula is C29H34FN7O4. The Hall–Kier alpha value is -4.55. The Kier molecular flexibility index (Phi) is 9.15. The summed E-state index contributed by atoms with van der Waals surface area (Å²) in [5, 5.41) is 9.13. The molecule has 11 nitrogen and oxygen atoms in total. The number of anilines is 2. The molecule has 0 bridgehead atoms. The first kappa shape index (κ1) is 29.4. The molecule has 0 aliphatic rings. The first-order valence-electron chi connectivity index (χ1n) is 13.0. The number of nitrogens with zero attached hydrogens (tertiary/aromatic N) is 3. The van der Waals surface area contributed by atoms with E-state index in [0.717, 1.165) is 11.3 Å². The van der Waals surface area contributed by atoms with Gasteiger partial charge in [0.05, 0.1) is 37.8 Å². The molecule has 2 heterocycles. The Bertz CT molecular complexity index is 1550. The highest BCUT2D eigenvalue weighted by atomic mass is 19.1. The number of rotatable bonds is 13. The van der Waals surface area contributed by atoms with E-state index in [2.05, 4.69) is 25.9 Å². The van der Waals surface area contributed by atoms with E-state index >= 15 is 0 Å². The van der Waals surface area contributed by atoms with E-state index in [9.17, 15) is 14.0 Å². The average Bonchev–Trinajstić information content (AvgIpc) is 3.37. The van der Waals surface area contributed by atoms with E-state index in [1.165, 1.54) is 13.2 Å². The zero-order valence-electron chi connectivity index (χ0n) is 23.5. The third-order valence-corrected chi connectivity index (χ3v) is 6.57. The minimum atomic E-state index is -0.807. The summed E-state index contributed by atoms with van der Waals surface area (Å²) in [5.41, 5.74) is 8.46. The Morgan fingerprint density at radius 3 is 2.59 bits per heavy atom. The Morgan fingerprint density at radius 1 is 1.10 bits per heavy atom. The molecule has 2 aromatic heterocycles. The summed E-state index contributed by atoms with van der Waals surface area (Å²) in [6.45, 7) is 6.76. The summed E-state index contributed by atoms with van der Waals surface area (Å²) in [6.07, 6.45) is 5.04. The van der Waals surface area contributed by atoms with Crippen LogP contribution in [0.15, 0.2) is 55.0 Å². The van der Waals surface area contributed by atoms with Crippen molar-refractivity contribution in [2.45, 2.75) is 26.3 Å². The molecule has 0 atom stereocenters. The van der Waals surface area contributed by atoms with Gasteiger partial charge in [0.25, 0.3) is 5.91 Å². The number of imidazole rings is 1. The van der Waals surface area contributed by atoms with Gasteiger partial charge in [-0.1, -0.05) is 0 Å². The van der Waals surface area contributed by atoms with Crippen molar-refractivity contribution in [3.8, 4) is 17.0 Å². The smallest absolute Gasteiger partial charge is 0.251 e. The minimum absolute atomic E-state index is 0.169. The first-order valence-corrected chi connectivity index (χ1v) is 13.0. The Balaban J connectivity index is 1.35. The summed E-state index contributed by atoms with van der Waals surface area (Å²) >= 11 is 0. The van der Waals surface area contributed by atoms with Gasteiger partial charge < -0.3 is 31.2 Å². The Labute approximate surface area is 237 Å². The monoisotopic (exact) mass is 563 g/mol. The quantitative estimate of drug-likeness (QED) is 0.182. The van der Waals surface area contributed by atoms with Gasteiger partial charge in [-0.3, -0.25) is 14.0 Å². The van der Waals surface area contributed by atoms with Gasteiger partial charge in [-0.05, 0) is 62.7 Å². The molecule has 0 radical (unpaired) electrons. The van der Waals surface area contributed by atoms with Crippen LogP contribution < -0.4 is 26.4 Å². The molecule has 0 saturated heterocycles. The van der Waals surface area contributed by atoms with Gasteiger partial charge in [-0.15, -0.1) is 0 Å². The number of carbonyl (C=O) groups is 2. The molecule has 0 fully saturated rings. The van der Waals surface area contributed by atoms with Crippen LogP contribution in [0.25, 0.3) is 16.9 Å². The molecule has 2 aromatic carbocycles. The maximum absolute atomic E-state index is 14.3. The number of amides is 2. The second-order valence-electron chi connectivity index (χ2n) is 9.90. The van der Waals surface area contributed by atoms with Crippen LogP contribution in [0, 0.1) is 12.7 Å². The number of nitrogens with two attached hydrogens (primary N) is 1. The topological polar surface area (TPSA) is 145 Å². The van der Waals surface area contributed by atoms with Gasteiger partial charge >= 0.3 is 0 Å². The summed E-state index contributed by atoms with van der Waals surface area (Å²) in [4.78, 5) is 32.9. The lowest BCUT2D eigenvalue weighted by atomic mass is 10.1. The van der Waals surface area contributed by atoms with Crippen LogP contribution in [-0.4, -0.2) is 65.1 Å². The lowest BCUT2D eigenvalue weighted by Gasteiger charge is -2.22. The molecule has 4 rings (SSSR count). The maximum atomic E-state index is 14.3. The third kappa shape index (κ3) is 6.97. The number of primary amides is 1. The van der Waals surface area contributed by atoms with Crippen molar-refractivity contribution < 1.29 is 23.5 Å². The van der Waals surface area contributed by atoms with Crippen molar-refractivity contribution in [1.82, 2.24) is 25.0 Å². The maximum Gasteiger partial charge on any atom is 0.251 e. The summed E-state index contributed by atoms with van der Waals surface area (Å²) in [7, 11) is 1.42. The number of aryl methyl sites for hydroxylation is 1. The van der Waals surface area contributed by atoms with E-state index in [1.807, 2.05) is 17.4 Å². The molecule has 0 unspecified atom stereocenters. The van der Waals surface area contributed by atoms with Crippen molar-refractivity contribution in [3.63, 3.8) is 0 Å². The van der Waals surface area contributed by atoms with Crippen LogP contribution in [0.5, 0.6) is 5.75 Å². The van der Waals surface area contributed by atoms with Crippen LogP contribution in [0.3, 0.4) is 0 Å². The van der Waals surface area contributed by atoms with Gasteiger partial charge in [0.15, 0.2) is 23.0 Å². The summed E-state index contributed by atoms with van der Waals surface area (Å²) < 4.78 is 26.6. The van der Waals surface area contributed by atoms with Crippen LogP contribution in [0.4, 0.5) is 15.9 Å². The van der Waals surface area contributed by atoms with Crippen molar-refractivity contribution in [2.75, 3.05) is 38.7 Å². The highest BCUT2D eigenvalue weighted by molar-refractivity contribution is 5.96. The standard InChI is InChI=1S/C29H34FN7O4/c1-18-15-20(6-7-21(18)27(38)33-10-13-41-14-11-35-29(2,3)28(31)39)36-25-26-34-17-23(37(26)12-9-32-25)19-5-8-24(40-4)22(30)16-19/h5-9,12,15-17,35H,10-11,13-14H2,1-4H3,(H2,31,39)(H,32,36)(H,33,38). The molecular weight excluding hydrogens is 529 g/mol. The minimum Gasteiger partial charge on any atom is -0.494 e. The molecule has 0 aliphatic carbocycles. The van der Waals surface area contributed by atoms with Gasteiger partial charge in [-0.2, -0.15) is 0 Å². The highest BCUT2D eigenvalue weighted by Crippen LogP contribution is 2.28. The number of halogens is 1. The Morgan fingerprint density at radius 2 is 1.88 bits per heavy atom. The average molecular weight is 564 g/mol. The molecule has 2 amide bonds. The van der Waals surface area contributed by atoms with E-state index < -0.39 is 17.3 Å². The van der Waals surface area contributed by atoms with Crippen LogP contribution in [0.2, 0.25) is 0 Å². The number of carbonyl (C=O) groups excluding carboxylic acids is 2. The van der Waals surface area contributed by atoms with E-state index in [1.54, 1.807) is 56.7 Å². The molecule has 0 spiro atoms. The van der Waals surface area contributed by atoms with E-state index in [0.29, 0.717) is 54.6 Å². The number of fused-ring (bicyclic) bond motifs is 1. The molecule has 4 aromatic rings. The number of aromatic nitrogens is 3. The van der Waals surface area contributed by atoms with Crippen molar-refractivity contribution in [3.05, 3.63) is 71.9 Å². The van der Waals surface area contributed by atoms with Crippen LogP contribution in [-0.2, 0) is 9.53 Å². The molecule has 5 N–H and O–H groups in total. The predicted molar refractivity (Wildman–Crippen MR) is 154 cm³/mol. The number of methoxy groups -OCH3 is 1. The van der Waals surface area contributed by atoms with Gasteiger partial charge in [0, 0.05) is 42.3 Å². The number of hydrogen-bond acceptors (Lipinski definition) is 8. The van der Waals surface area contributed by atoms with Crippen molar-refractivity contribution in [1.29, 1.82) is 0 Å². The van der Waals surface area contributed by atoms with Gasteiger partial charge in [-0.25, -0.2) is 14.4 Å². The zero-order chi connectivity index (χ0) is 29.6. The fourth-order valence-electron chi connectivity index (χ4n) is 4.14. The largest absolute Gasteiger partial charge is 0.494 e. The van der Waals surface area contributed by atoms with Crippen molar-refractivity contribution in [2.24, 2.45) is 5.73 Å². The van der Waals surface area contributed by atoms with Gasteiger partial charge in [0.2, 0.25) is 5.91 Å². The fourth-order valence-corrected chi connectivity index (χ4v) is 4.14. The van der Waals surface area contributed by atoms with E-state index in [4.69, 9.17) is 15.2 Å². The lowest BCUT2D eigenvalue weighted by molar-refractivity contribution is -0.123. The van der Waals surface area contributed by atoms with Crippen LogP contribution in [0.1, 0.15) is 29.8 Å². The third-order valence-electron chi connectivity index (χ3n) is 6.57. The number of benzene rings is 2. The van der Waals surface area contributed by atoms with Crippen molar-refractivity contribution >= 4 is 29.0 Å². The molecule has 0 aliphatic heterocycles. The second-order valence-corrected chi connectivity index (χ2v) is 9.90. The molecule has 0 saturated carbocycles. The fraction of sp³-hybridized carbons (Fsp3) is 0.310. The summed E-state index contributed by atoms with van der Waals surface area (Å²) in [5.74, 6) is -0.431. The predicted octanol–water partition coefficient (Wildman–Crippen LogP) is 3.20. The second kappa shape index (κ2) is 12.7. The number of nitrogens with one attached hydrogen (secondary N) is 3. The normalized spacial score (nSPS) is 11.4. The summed E-state index contributed by atoms with van der Waals surface area (Å²) in [6, 6.07) is 10.1. The number of hydrogen-bond donors (Lipinski definition) is 4. The molecule has 12 heteroatoms. The molecule has 216 valence electrons.